The maximum absolute atomic E-state index is 13.2. The molecule has 0 unspecified atom stereocenters. The van der Waals surface area contributed by atoms with Gasteiger partial charge in [0.2, 0.25) is 0 Å². The predicted molar refractivity (Wildman–Crippen MR) is 51.6 cm³/mol. The van der Waals surface area contributed by atoms with Gasteiger partial charge in [0.15, 0.2) is 11.5 Å². The zero-order valence-corrected chi connectivity index (χ0v) is 8.87. The molecule has 2 rings (SSSR count). The highest BCUT2D eigenvalue weighted by atomic mass is 19.3. The second-order valence-electron chi connectivity index (χ2n) is 3.74. The first-order valence-corrected chi connectivity index (χ1v) is 4.90. The van der Waals surface area contributed by atoms with Gasteiger partial charge >= 0.3 is 6.29 Å². The third-order valence-corrected chi connectivity index (χ3v) is 2.46. The molecule has 0 fully saturated rings. The van der Waals surface area contributed by atoms with Crippen molar-refractivity contribution in [2.45, 2.75) is 18.3 Å². The van der Waals surface area contributed by atoms with Crippen LogP contribution in [0.2, 0.25) is 0 Å². The summed E-state index contributed by atoms with van der Waals surface area (Å²) >= 11 is 0. The molecule has 0 saturated heterocycles. The molecule has 8 heteroatoms. The molecule has 1 aliphatic heterocycles. The average molecular weight is 267 g/mol. The molecule has 0 saturated carbocycles. The molecule has 1 aliphatic rings. The molecular weight excluding hydrogens is 258 g/mol. The van der Waals surface area contributed by atoms with Crippen molar-refractivity contribution in [2.24, 2.45) is 5.73 Å². The van der Waals surface area contributed by atoms with Crippen molar-refractivity contribution in [3.05, 3.63) is 23.8 Å². The Bertz CT molecular complexity index is 466. The van der Waals surface area contributed by atoms with Gasteiger partial charge in [-0.15, -0.1) is 8.78 Å². The Hall–Kier alpha value is -1.54. The SMILES string of the molecule is N[C@H](c1cccc2c1OC(F)(F)O2)C(F)(F)CO. The number of ether oxygens (including phenoxy) is 2. The standard InChI is InChI=1S/C10H9F4NO3/c11-9(12,4-16)8(15)5-2-1-3-6-7(5)18-10(13,14)17-6/h1-3,8,16H,4,15H2/t8-/m1/s1. The lowest BCUT2D eigenvalue weighted by Gasteiger charge is -2.22. The van der Waals surface area contributed by atoms with E-state index in [1.807, 2.05) is 0 Å². The van der Waals surface area contributed by atoms with E-state index in [9.17, 15) is 17.6 Å². The summed E-state index contributed by atoms with van der Waals surface area (Å²) in [6.07, 6.45) is -3.91. The van der Waals surface area contributed by atoms with Gasteiger partial charge in [0, 0.05) is 5.56 Å². The van der Waals surface area contributed by atoms with E-state index in [0.29, 0.717) is 0 Å². The number of hydrogen-bond acceptors (Lipinski definition) is 4. The molecule has 0 bridgehead atoms. The smallest absolute Gasteiger partial charge is 0.395 e. The molecule has 3 N–H and O–H groups in total. The van der Waals surface area contributed by atoms with Crippen LogP contribution in [-0.4, -0.2) is 23.9 Å². The zero-order valence-electron chi connectivity index (χ0n) is 8.87. The Balaban J connectivity index is 2.41. The van der Waals surface area contributed by atoms with Gasteiger partial charge in [0.05, 0.1) is 0 Å². The minimum absolute atomic E-state index is 0.358. The summed E-state index contributed by atoms with van der Waals surface area (Å²) in [6, 6.07) is 1.50. The van der Waals surface area contributed by atoms with Crippen LogP contribution in [-0.2, 0) is 0 Å². The van der Waals surface area contributed by atoms with Crippen LogP contribution in [0.15, 0.2) is 18.2 Å². The van der Waals surface area contributed by atoms with Crippen LogP contribution in [0, 0.1) is 0 Å². The fourth-order valence-electron chi connectivity index (χ4n) is 1.56. The topological polar surface area (TPSA) is 64.7 Å². The van der Waals surface area contributed by atoms with E-state index in [0.717, 1.165) is 12.1 Å². The van der Waals surface area contributed by atoms with Gasteiger partial charge in [-0.2, -0.15) is 0 Å². The van der Waals surface area contributed by atoms with E-state index < -0.39 is 30.6 Å². The number of aliphatic hydroxyl groups is 1. The molecule has 1 aromatic rings. The summed E-state index contributed by atoms with van der Waals surface area (Å²) in [5, 5.41) is 8.53. The highest BCUT2D eigenvalue weighted by Crippen LogP contribution is 2.46. The minimum Gasteiger partial charge on any atom is -0.395 e. The van der Waals surface area contributed by atoms with Gasteiger partial charge in [0.1, 0.15) is 12.6 Å². The molecule has 0 amide bonds. The van der Waals surface area contributed by atoms with Crippen LogP contribution in [0.5, 0.6) is 11.5 Å². The number of nitrogens with two attached hydrogens (primary N) is 1. The van der Waals surface area contributed by atoms with Gasteiger partial charge in [-0.1, -0.05) is 12.1 Å². The number of rotatable bonds is 3. The van der Waals surface area contributed by atoms with Crippen LogP contribution in [0.1, 0.15) is 11.6 Å². The summed E-state index contributed by atoms with van der Waals surface area (Å²) in [7, 11) is 0. The second kappa shape index (κ2) is 3.99. The summed E-state index contributed by atoms with van der Waals surface area (Å²) in [5.41, 5.74) is 4.90. The number of alkyl halides is 4. The van der Waals surface area contributed by atoms with E-state index in [-0.39, 0.29) is 11.3 Å². The molecular formula is C10H9F4NO3. The van der Waals surface area contributed by atoms with Crippen LogP contribution in [0.25, 0.3) is 0 Å². The van der Waals surface area contributed by atoms with Crippen molar-refractivity contribution in [2.75, 3.05) is 6.61 Å². The predicted octanol–water partition coefficient (Wildman–Crippen LogP) is 1.64. The maximum atomic E-state index is 13.2. The van der Waals surface area contributed by atoms with Crippen molar-refractivity contribution in [3.63, 3.8) is 0 Å². The first kappa shape index (κ1) is 12.9. The lowest BCUT2D eigenvalue weighted by atomic mass is 10.0. The van der Waals surface area contributed by atoms with Crippen molar-refractivity contribution < 1.29 is 32.1 Å². The lowest BCUT2D eigenvalue weighted by Crippen LogP contribution is -2.36. The Labute approximate surface area is 98.9 Å². The van der Waals surface area contributed by atoms with Crippen molar-refractivity contribution >= 4 is 0 Å². The van der Waals surface area contributed by atoms with Crippen LogP contribution in [0.4, 0.5) is 17.6 Å². The third kappa shape index (κ3) is 2.08. The molecule has 1 atom stereocenters. The van der Waals surface area contributed by atoms with Gasteiger partial charge in [-0.3, -0.25) is 0 Å². The zero-order chi connectivity index (χ0) is 13.6. The van der Waals surface area contributed by atoms with Gasteiger partial charge in [-0.25, -0.2) is 8.78 Å². The highest BCUT2D eigenvalue weighted by molar-refractivity contribution is 5.50. The number of para-hydroxylation sites is 1. The Morgan fingerprint density at radius 2 is 2.00 bits per heavy atom. The van der Waals surface area contributed by atoms with E-state index in [2.05, 4.69) is 9.47 Å². The van der Waals surface area contributed by atoms with Crippen molar-refractivity contribution in [1.82, 2.24) is 0 Å². The molecule has 0 aromatic heterocycles. The summed E-state index contributed by atoms with van der Waals surface area (Å²) in [4.78, 5) is 0. The Morgan fingerprint density at radius 1 is 1.33 bits per heavy atom. The van der Waals surface area contributed by atoms with E-state index in [4.69, 9.17) is 10.8 Å². The molecule has 1 aromatic carbocycles. The monoisotopic (exact) mass is 267 g/mol. The number of halogens is 4. The molecule has 0 spiro atoms. The van der Waals surface area contributed by atoms with E-state index in [1.165, 1.54) is 6.07 Å². The highest BCUT2D eigenvalue weighted by Gasteiger charge is 2.47. The second-order valence-corrected chi connectivity index (χ2v) is 3.74. The van der Waals surface area contributed by atoms with Crippen LogP contribution >= 0.6 is 0 Å². The number of benzene rings is 1. The van der Waals surface area contributed by atoms with Crippen molar-refractivity contribution in [1.29, 1.82) is 0 Å². The van der Waals surface area contributed by atoms with E-state index >= 15 is 0 Å². The van der Waals surface area contributed by atoms with Gasteiger partial charge in [-0.05, 0) is 6.07 Å². The summed E-state index contributed by atoms with van der Waals surface area (Å²) in [6.45, 7) is -1.50. The summed E-state index contributed by atoms with van der Waals surface area (Å²) in [5.74, 6) is -4.57. The normalized spacial score (nSPS) is 18.8. The van der Waals surface area contributed by atoms with Crippen LogP contribution < -0.4 is 15.2 Å². The van der Waals surface area contributed by atoms with E-state index in [1.54, 1.807) is 0 Å². The Morgan fingerprint density at radius 3 is 2.61 bits per heavy atom. The van der Waals surface area contributed by atoms with Gasteiger partial charge < -0.3 is 20.3 Å². The molecule has 0 radical (unpaired) electrons. The third-order valence-electron chi connectivity index (χ3n) is 2.46. The van der Waals surface area contributed by atoms with Crippen molar-refractivity contribution in [3.8, 4) is 11.5 Å². The molecule has 18 heavy (non-hydrogen) atoms. The lowest BCUT2D eigenvalue weighted by molar-refractivity contribution is -0.287. The first-order chi connectivity index (χ1) is 8.27. The molecule has 0 aliphatic carbocycles. The molecule has 100 valence electrons. The maximum Gasteiger partial charge on any atom is 0.586 e. The number of fused-ring (bicyclic) bond motifs is 1. The largest absolute Gasteiger partial charge is 0.586 e. The number of hydrogen-bond donors (Lipinski definition) is 2. The Kier molecular flexibility index (Phi) is 2.86. The summed E-state index contributed by atoms with van der Waals surface area (Å²) < 4.78 is 60.4. The van der Waals surface area contributed by atoms with Gasteiger partial charge in [0.25, 0.3) is 5.92 Å². The quantitative estimate of drug-likeness (QED) is 0.817. The first-order valence-electron chi connectivity index (χ1n) is 4.90. The fraction of sp³-hybridized carbons (Fsp3) is 0.400. The average Bonchev–Trinajstić information content (AvgIpc) is 2.61. The minimum atomic E-state index is -3.91. The molecule has 1 heterocycles. The molecule has 4 nitrogen and oxygen atoms in total. The number of aliphatic hydroxyl groups excluding tert-OH is 1. The fourth-order valence-corrected chi connectivity index (χ4v) is 1.56. The van der Waals surface area contributed by atoms with Crippen LogP contribution in [0.3, 0.4) is 0 Å².